The summed E-state index contributed by atoms with van der Waals surface area (Å²) in [5.74, 6) is 1.48. The maximum absolute atomic E-state index is 5.38. The van der Waals surface area contributed by atoms with Gasteiger partial charge in [0.2, 0.25) is 0 Å². The summed E-state index contributed by atoms with van der Waals surface area (Å²) < 4.78 is 5.38. The summed E-state index contributed by atoms with van der Waals surface area (Å²) in [5, 5.41) is 4.10. The quantitative estimate of drug-likeness (QED) is 0.469. The second-order valence-electron chi connectivity index (χ2n) is 6.46. The molecular weight excluding hydrogens is 284 g/mol. The summed E-state index contributed by atoms with van der Waals surface area (Å²) in [5.41, 5.74) is 2.22. The van der Waals surface area contributed by atoms with E-state index >= 15 is 0 Å². The predicted molar refractivity (Wildman–Crippen MR) is 95.4 cm³/mol. The van der Waals surface area contributed by atoms with E-state index in [2.05, 4.69) is 36.1 Å². The Morgan fingerprint density at radius 1 is 0.913 bits per heavy atom. The van der Waals surface area contributed by atoms with Crippen molar-refractivity contribution in [3.05, 3.63) is 35.7 Å². The van der Waals surface area contributed by atoms with Crippen molar-refractivity contribution in [3.8, 4) is 11.5 Å². The maximum Gasteiger partial charge on any atom is 0.257 e. The number of rotatable bonds is 11. The minimum Gasteiger partial charge on any atom is -0.334 e. The van der Waals surface area contributed by atoms with Gasteiger partial charge in [-0.3, -0.25) is 0 Å². The second kappa shape index (κ2) is 10.2. The molecule has 0 atom stereocenters. The number of hydrogen-bond donors (Lipinski definition) is 0. The lowest BCUT2D eigenvalue weighted by Crippen LogP contribution is -1.89. The Bertz CT molecular complexity index is 562. The molecule has 3 heteroatoms. The van der Waals surface area contributed by atoms with Gasteiger partial charge in [-0.05, 0) is 25.5 Å². The number of aromatic nitrogens is 2. The smallest absolute Gasteiger partial charge is 0.257 e. The van der Waals surface area contributed by atoms with Gasteiger partial charge in [-0.2, -0.15) is 4.98 Å². The molecule has 0 spiro atoms. The lowest BCUT2D eigenvalue weighted by molar-refractivity contribution is 0.421. The lowest BCUT2D eigenvalue weighted by atomic mass is 10.1. The van der Waals surface area contributed by atoms with Crippen molar-refractivity contribution in [3.63, 3.8) is 0 Å². The molecule has 2 rings (SSSR count). The van der Waals surface area contributed by atoms with Crippen LogP contribution in [0.25, 0.3) is 11.5 Å². The first-order valence-corrected chi connectivity index (χ1v) is 9.19. The predicted octanol–water partition coefficient (Wildman–Crippen LogP) is 6.12. The monoisotopic (exact) mass is 314 g/mol. The third kappa shape index (κ3) is 6.55. The van der Waals surface area contributed by atoms with Crippen molar-refractivity contribution in [2.75, 3.05) is 0 Å². The molecule has 23 heavy (non-hydrogen) atoms. The first-order valence-electron chi connectivity index (χ1n) is 9.19. The van der Waals surface area contributed by atoms with Crippen LogP contribution >= 0.6 is 0 Å². The molecule has 0 saturated heterocycles. The van der Waals surface area contributed by atoms with E-state index in [1.54, 1.807) is 0 Å². The SMILES string of the molecule is CCCCCCCCCCCc1noc(-c2cccc(C)c2)n1. The molecule has 0 fully saturated rings. The molecule has 0 N–H and O–H groups in total. The van der Waals surface area contributed by atoms with Crippen LogP contribution in [-0.4, -0.2) is 10.1 Å². The van der Waals surface area contributed by atoms with E-state index in [1.807, 2.05) is 12.1 Å². The number of benzene rings is 1. The molecule has 1 aromatic carbocycles. The third-order valence-corrected chi connectivity index (χ3v) is 4.24. The highest BCUT2D eigenvalue weighted by molar-refractivity contribution is 5.53. The van der Waals surface area contributed by atoms with Crippen LogP contribution in [0, 0.1) is 6.92 Å². The Kier molecular flexibility index (Phi) is 7.85. The topological polar surface area (TPSA) is 38.9 Å². The zero-order valence-electron chi connectivity index (χ0n) is 14.7. The molecule has 0 unspecified atom stereocenters. The van der Waals surface area contributed by atoms with E-state index in [0.29, 0.717) is 5.89 Å². The lowest BCUT2D eigenvalue weighted by Gasteiger charge is -2.00. The number of hydrogen-bond acceptors (Lipinski definition) is 3. The molecule has 0 bridgehead atoms. The summed E-state index contributed by atoms with van der Waals surface area (Å²) in [6.45, 7) is 4.34. The van der Waals surface area contributed by atoms with E-state index in [1.165, 1.54) is 56.9 Å². The Labute approximate surface area is 140 Å². The Morgan fingerprint density at radius 3 is 2.30 bits per heavy atom. The van der Waals surface area contributed by atoms with Crippen molar-refractivity contribution in [1.29, 1.82) is 0 Å². The highest BCUT2D eigenvalue weighted by atomic mass is 16.5. The highest BCUT2D eigenvalue weighted by Crippen LogP contribution is 2.19. The largest absolute Gasteiger partial charge is 0.334 e. The fraction of sp³-hybridized carbons (Fsp3) is 0.600. The van der Waals surface area contributed by atoms with Crippen LogP contribution in [0.1, 0.15) is 76.1 Å². The summed E-state index contributed by atoms with van der Waals surface area (Å²) in [6.07, 6.45) is 12.9. The van der Waals surface area contributed by atoms with Gasteiger partial charge in [-0.15, -0.1) is 0 Å². The average Bonchev–Trinajstić information content (AvgIpc) is 3.02. The minimum absolute atomic E-state index is 0.639. The van der Waals surface area contributed by atoms with Gasteiger partial charge in [-0.25, -0.2) is 0 Å². The molecular formula is C20H30N2O. The molecule has 0 aliphatic heterocycles. The molecule has 0 aliphatic rings. The Hall–Kier alpha value is -1.64. The third-order valence-electron chi connectivity index (χ3n) is 4.24. The zero-order chi connectivity index (χ0) is 16.3. The van der Waals surface area contributed by atoms with E-state index in [0.717, 1.165) is 24.2 Å². The van der Waals surface area contributed by atoms with Gasteiger partial charge in [0.15, 0.2) is 5.82 Å². The van der Waals surface area contributed by atoms with Crippen LogP contribution in [0.5, 0.6) is 0 Å². The molecule has 0 amide bonds. The van der Waals surface area contributed by atoms with E-state index < -0.39 is 0 Å². The standard InChI is InChI=1S/C20H30N2O/c1-3-4-5-6-7-8-9-10-11-15-19-21-20(23-22-19)18-14-12-13-17(2)16-18/h12-14,16H,3-11,15H2,1-2H3. The fourth-order valence-electron chi connectivity index (χ4n) is 2.84. The molecule has 126 valence electrons. The van der Waals surface area contributed by atoms with Crippen molar-refractivity contribution in [2.24, 2.45) is 0 Å². The van der Waals surface area contributed by atoms with Crippen LogP contribution in [0.4, 0.5) is 0 Å². The molecule has 0 aliphatic carbocycles. The van der Waals surface area contributed by atoms with Gasteiger partial charge < -0.3 is 4.52 Å². The molecule has 1 heterocycles. The Morgan fingerprint density at radius 2 is 1.61 bits per heavy atom. The number of unbranched alkanes of at least 4 members (excludes halogenated alkanes) is 8. The van der Waals surface area contributed by atoms with Crippen LogP contribution in [0.2, 0.25) is 0 Å². The second-order valence-corrected chi connectivity index (χ2v) is 6.46. The Balaban J connectivity index is 1.62. The normalized spacial score (nSPS) is 11.0. The van der Waals surface area contributed by atoms with Crippen LogP contribution in [-0.2, 0) is 6.42 Å². The van der Waals surface area contributed by atoms with Gasteiger partial charge in [0.1, 0.15) is 0 Å². The summed E-state index contributed by atoms with van der Waals surface area (Å²) in [7, 11) is 0. The summed E-state index contributed by atoms with van der Waals surface area (Å²) in [6, 6.07) is 8.19. The van der Waals surface area contributed by atoms with Crippen molar-refractivity contribution < 1.29 is 4.52 Å². The van der Waals surface area contributed by atoms with Crippen molar-refractivity contribution in [2.45, 2.75) is 78.1 Å². The van der Waals surface area contributed by atoms with Gasteiger partial charge in [0, 0.05) is 12.0 Å². The van der Waals surface area contributed by atoms with Crippen molar-refractivity contribution >= 4 is 0 Å². The van der Waals surface area contributed by atoms with Gasteiger partial charge in [-0.1, -0.05) is 81.1 Å². The first-order chi connectivity index (χ1) is 11.3. The summed E-state index contributed by atoms with van der Waals surface area (Å²) in [4.78, 5) is 4.51. The maximum atomic E-state index is 5.38. The molecule has 1 aromatic heterocycles. The molecule has 3 nitrogen and oxygen atoms in total. The van der Waals surface area contributed by atoms with Crippen LogP contribution < -0.4 is 0 Å². The van der Waals surface area contributed by atoms with E-state index in [-0.39, 0.29) is 0 Å². The highest BCUT2D eigenvalue weighted by Gasteiger charge is 2.08. The van der Waals surface area contributed by atoms with E-state index in [9.17, 15) is 0 Å². The first kappa shape index (κ1) is 17.7. The molecule has 0 saturated carbocycles. The van der Waals surface area contributed by atoms with Gasteiger partial charge >= 0.3 is 0 Å². The number of nitrogens with zero attached hydrogens (tertiary/aromatic N) is 2. The van der Waals surface area contributed by atoms with Crippen LogP contribution in [0.15, 0.2) is 28.8 Å². The van der Waals surface area contributed by atoms with E-state index in [4.69, 9.17) is 4.52 Å². The van der Waals surface area contributed by atoms with Gasteiger partial charge in [0.05, 0.1) is 0 Å². The van der Waals surface area contributed by atoms with Crippen LogP contribution in [0.3, 0.4) is 0 Å². The zero-order valence-corrected chi connectivity index (χ0v) is 14.7. The van der Waals surface area contributed by atoms with Crippen molar-refractivity contribution in [1.82, 2.24) is 10.1 Å². The van der Waals surface area contributed by atoms with Gasteiger partial charge in [0.25, 0.3) is 5.89 Å². The summed E-state index contributed by atoms with van der Waals surface area (Å²) >= 11 is 0. The minimum atomic E-state index is 0.639. The molecule has 0 radical (unpaired) electrons. The number of aryl methyl sites for hydroxylation is 2. The average molecular weight is 314 g/mol. The molecule has 2 aromatic rings. The fourth-order valence-corrected chi connectivity index (χ4v) is 2.84.